The Kier molecular flexibility index (Phi) is 3.36. The zero-order valence-corrected chi connectivity index (χ0v) is 11.3. The molecule has 0 amide bonds. The van der Waals surface area contributed by atoms with Crippen LogP contribution in [0.3, 0.4) is 0 Å². The molecule has 2 unspecified atom stereocenters. The van der Waals surface area contributed by atoms with Gasteiger partial charge in [0.2, 0.25) is 0 Å². The first kappa shape index (κ1) is 12.4. The lowest BCUT2D eigenvalue weighted by atomic mass is 9.74. The minimum Gasteiger partial charge on any atom is -0.271 e. The van der Waals surface area contributed by atoms with Crippen LogP contribution in [0.25, 0.3) is 0 Å². The van der Waals surface area contributed by atoms with Gasteiger partial charge in [-0.3, -0.25) is 11.3 Å². The number of benzene rings is 2. The molecule has 2 atom stereocenters. The minimum atomic E-state index is 0.235. The lowest BCUT2D eigenvalue weighted by Gasteiger charge is -2.33. The topological polar surface area (TPSA) is 38.0 Å². The summed E-state index contributed by atoms with van der Waals surface area (Å²) in [5.74, 6) is 6.38. The van der Waals surface area contributed by atoms with Crippen LogP contribution in [0.2, 0.25) is 0 Å². The predicted molar refractivity (Wildman–Crippen MR) is 78.7 cm³/mol. The van der Waals surface area contributed by atoms with E-state index in [9.17, 15) is 0 Å². The van der Waals surface area contributed by atoms with Crippen LogP contribution in [0, 0.1) is 6.92 Å². The molecule has 1 aliphatic rings. The SMILES string of the molecule is Cc1ccc(C(CC2Cc3ccccc32)NN)cc1. The normalized spacial score (nSPS) is 18.5. The van der Waals surface area contributed by atoms with Crippen LogP contribution in [0.5, 0.6) is 0 Å². The van der Waals surface area contributed by atoms with E-state index in [-0.39, 0.29) is 6.04 Å². The van der Waals surface area contributed by atoms with E-state index in [1.807, 2.05) is 0 Å². The molecule has 2 aromatic carbocycles. The molecule has 0 aliphatic heterocycles. The third-order valence-electron chi connectivity index (χ3n) is 4.16. The van der Waals surface area contributed by atoms with Crippen LogP contribution in [0.1, 0.15) is 40.6 Å². The molecule has 0 fully saturated rings. The lowest BCUT2D eigenvalue weighted by Crippen LogP contribution is -2.31. The third kappa shape index (κ3) is 2.42. The highest BCUT2D eigenvalue weighted by molar-refractivity contribution is 5.40. The summed E-state index contributed by atoms with van der Waals surface area (Å²) in [6.45, 7) is 2.11. The van der Waals surface area contributed by atoms with Crippen LogP contribution < -0.4 is 11.3 Å². The fourth-order valence-electron chi connectivity index (χ4n) is 2.96. The molecule has 0 aromatic heterocycles. The molecule has 19 heavy (non-hydrogen) atoms. The van der Waals surface area contributed by atoms with E-state index in [4.69, 9.17) is 5.84 Å². The molecular formula is C17H20N2. The highest BCUT2D eigenvalue weighted by Crippen LogP contribution is 2.40. The number of fused-ring (bicyclic) bond motifs is 1. The number of hydrogen-bond acceptors (Lipinski definition) is 2. The Labute approximate surface area is 114 Å². The number of nitrogens with two attached hydrogens (primary N) is 1. The fraction of sp³-hybridized carbons (Fsp3) is 0.294. The van der Waals surface area contributed by atoms with Crippen molar-refractivity contribution in [3.05, 3.63) is 70.8 Å². The summed E-state index contributed by atoms with van der Waals surface area (Å²) in [5.41, 5.74) is 8.52. The van der Waals surface area contributed by atoms with Gasteiger partial charge in [0.15, 0.2) is 0 Å². The number of hydrazine groups is 1. The molecule has 3 N–H and O–H groups in total. The summed E-state index contributed by atoms with van der Waals surface area (Å²) < 4.78 is 0. The van der Waals surface area contributed by atoms with Gasteiger partial charge in [-0.05, 0) is 42.4 Å². The standard InChI is InChI=1S/C17H20N2/c1-12-6-8-13(9-7-12)17(19-18)11-15-10-14-4-2-3-5-16(14)15/h2-9,15,17,19H,10-11,18H2,1H3. The molecule has 0 saturated carbocycles. The van der Waals surface area contributed by atoms with Crippen molar-refractivity contribution in [3.8, 4) is 0 Å². The highest BCUT2D eigenvalue weighted by Gasteiger charge is 2.28. The molecule has 2 heteroatoms. The first-order valence-corrected chi connectivity index (χ1v) is 6.88. The first-order chi connectivity index (χ1) is 9.28. The number of nitrogens with one attached hydrogen (secondary N) is 1. The number of rotatable bonds is 4. The Balaban J connectivity index is 1.73. The zero-order valence-electron chi connectivity index (χ0n) is 11.3. The summed E-state index contributed by atoms with van der Waals surface area (Å²) in [4.78, 5) is 0. The molecule has 1 aliphatic carbocycles. The lowest BCUT2D eigenvalue weighted by molar-refractivity contribution is 0.435. The molecule has 0 spiro atoms. The first-order valence-electron chi connectivity index (χ1n) is 6.88. The van der Waals surface area contributed by atoms with Gasteiger partial charge >= 0.3 is 0 Å². The van der Waals surface area contributed by atoms with E-state index in [1.165, 1.54) is 28.7 Å². The molecule has 2 aromatic rings. The minimum absolute atomic E-state index is 0.235. The van der Waals surface area contributed by atoms with Gasteiger partial charge in [0.25, 0.3) is 0 Å². The highest BCUT2D eigenvalue weighted by atomic mass is 15.2. The van der Waals surface area contributed by atoms with E-state index >= 15 is 0 Å². The quantitative estimate of drug-likeness (QED) is 0.647. The van der Waals surface area contributed by atoms with Gasteiger partial charge < -0.3 is 0 Å². The van der Waals surface area contributed by atoms with Crippen LogP contribution >= 0.6 is 0 Å². The van der Waals surface area contributed by atoms with Gasteiger partial charge in [-0.2, -0.15) is 0 Å². The zero-order chi connectivity index (χ0) is 13.2. The van der Waals surface area contributed by atoms with E-state index in [0.717, 1.165) is 6.42 Å². The van der Waals surface area contributed by atoms with E-state index in [0.29, 0.717) is 5.92 Å². The second-order valence-electron chi connectivity index (χ2n) is 5.47. The predicted octanol–water partition coefficient (Wildman–Crippen LogP) is 3.23. The van der Waals surface area contributed by atoms with Crippen molar-refractivity contribution in [2.75, 3.05) is 0 Å². The van der Waals surface area contributed by atoms with Crippen molar-refractivity contribution < 1.29 is 0 Å². The summed E-state index contributed by atoms with van der Waals surface area (Å²) in [7, 11) is 0. The Morgan fingerprint density at radius 2 is 1.89 bits per heavy atom. The van der Waals surface area contributed by atoms with Gasteiger partial charge in [0.1, 0.15) is 0 Å². The van der Waals surface area contributed by atoms with Gasteiger partial charge in [-0.25, -0.2) is 0 Å². The summed E-state index contributed by atoms with van der Waals surface area (Å²) in [6, 6.07) is 17.6. The van der Waals surface area contributed by atoms with Gasteiger partial charge in [0, 0.05) is 6.04 Å². The molecule has 0 bridgehead atoms. The van der Waals surface area contributed by atoms with E-state index in [2.05, 4.69) is 60.9 Å². The molecule has 3 rings (SSSR count). The maximum atomic E-state index is 5.74. The monoisotopic (exact) mass is 252 g/mol. The van der Waals surface area contributed by atoms with Crippen LogP contribution in [-0.2, 0) is 6.42 Å². The molecule has 2 nitrogen and oxygen atoms in total. The Morgan fingerprint density at radius 3 is 2.58 bits per heavy atom. The number of hydrogen-bond donors (Lipinski definition) is 2. The molecule has 0 radical (unpaired) electrons. The maximum Gasteiger partial charge on any atom is 0.0465 e. The van der Waals surface area contributed by atoms with Crippen molar-refractivity contribution in [1.82, 2.24) is 5.43 Å². The maximum absolute atomic E-state index is 5.74. The molecule has 0 saturated heterocycles. The Morgan fingerprint density at radius 1 is 1.16 bits per heavy atom. The van der Waals surface area contributed by atoms with E-state index in [1.54, 1.807) is 0 Å². The molecule has 98 valence electrons. The molecule has 0 heterocycles. The largest absolute Gasteiger partial charge is 0.271 e. The van der Waals surface area contributed by atoms with Crippen LogP contribution in [0.15, 0.2) is 48.5 Å². The fourth-order valence-corrected chi connectivity index (χ4v) is 2.96. The van der Waals surface area contributed by atoms with Crippen molar-refractivity contribution in [3.63, 3.8) is 0 Å². The second-order valence-corrected chi connectivity index (χ2v) is 5.47. The van der Waals surface area contributed by atoms with Gasteiger partial charge in [-0.15, -0.1) is 0 Å². The Bertz CT molecular complexity index is 560. The summed E-state index contributed by atoms with van der Waals surface area (Å²) in [6.07, 6.45) is 2.25. The van der Waals surface area contributed by atoms with Crippen molar-refractivity contribution in [1.29, 1.82) is 0 Å². The second kappa shape index (κ2) is 5.16. The molecular weight excluding hydrogens is 232 g/mol. The smallest absolute Gasteiger partial charge is 0.0465 e. The average molecular weight is 252 g/mol. The van der Waals surface area contributed by atoms with E-state index < -0.39 is 0 Å². The summed E-state index contributed by atoms with van der Waals surface area (Å²) in [5, 5.41) is 0. The van der Waals surface area contributed by atoms with Crippen molar-refractivity contribution in [2.24, 2.45) is 5.84 Å². The van der Waals surface area contributed by atoms with Gasteiger partial charge in [0.05, 0.1) is 0 Å². The number of aryl methyl sites for hydroxylation is 1. The van der Waals surface area contributed by atoms with Gasteiger partial charge in [-0.1, -0.05) is 54.1 Å². The Hall–Kier alpha value is -1.64. The summed E-state index contributed by atoms with van der Waals surface area (Å²) >= 11 is 0. The van der Waals surface area contributed by atoms with Crippen molar-refractivity contribution >= 4 is 0 Å². The van der Waals surface area contributed by atoms with Crippen LogP contribution in [-0.4, -0.2) is 0 Å². The van der Waals surface area contributed by atoms with Crippen LogP contribution in [0.4, 0.5) is 0 Å². The average Bonchev–Trinajstić information content (AvgIpc) is 2.42. The van der Waals surface area contributed by atoms with Crippen molar-refractivity contribution in [2.45, 2.75) is 31.7 Å². The third-order valence-corrected chi connectivity index (χ3v) is 4.16.